The molecule has 0 aliphatic carbocycles. The van der Waals surface area contributed by atoms with Crippen LogP contribution in [0.25, 0.3) is 0 Å². The van der Waals surface area contributed by atoms with Gasteiger partial charge in [0.15, 0.2) is 0 Å². The highest BCUT2D eigenvalue weighted by Gasteiger charge is 2.25. The lowest BCUT2D eigenvalue weighted by Crippen LogP contribution is -2.43. The summed E-state index contributed by atoms with van der Waals surface area (Å²) < 4.78 is 5.34. The fourth-order valence-electron chi connectivity index (χ4n) is 6.21. The number of carbonyl (C=O) groups is 3. The van der Waals surface area contributed by atoms with Crippen molar-refractivity contribution in [1.82, 2.24) is 5.32 Å². The SMILES string of the molecule is CCCCCCCCCCCCCCCCCCOC(=O)[C@H](CC(=O)O)NC(=O)CCCCCCCCCCCCCCCCC. The lowest BCUT2D eigenvalue weighted by Gasteiger charge is -2.16. The summed E-state index contributed by atoms with van der Waals surface area (Å²) in [6.45, 7) is 4.81. The predicted molar refractivity (Wildman–Crippen MR) is 194 cm³/mol. The number of carboxylic acid groups (broad SMARTS) is 1. The Bertz CT molecular complexity index is 683. The number of esters is 1. The van der Waals surface area contributed by atoms with E-state index in [9.17, 15) is 19.5 Å². The second-order valence-electron chi connectivity index (χ2n) is 13.9. The van der Waals surface area contributed by atoms with Crippen LogP contribution in [0.5, 0.6) is 0 Å². The van der Waals surface area contributed by atoms with Gasteiger partial charge in [-0.15, -0.1) is 0 Å². The molecule has 0 rings (SSSR count). The van der Waals surface area contributed by atoms with Gasteiger partial charge in [-0.3, -0.25) is 9.59 Å². The molecule has 0 spiro atoms. The molecule has 6 nitrogen and oxygen atoms in total. The molecule has 2 N–H and O–H groups in total. The standard InChI is InChI=1S/C40H77NO5/c1-3-5-7-9-11-13-15-17-19-21-23-25-27-29-31-33-35-46-40(45)37(36-39(43)44)41-38(42)34-32-30-28-26-24-22-20-18-16-14-12-10-8-6-4-2/h37H,3-36H2,1-2H3,(H,41,42)(H,43,44)/t37-/m0/s1. The number of unbranched alkanes of at least 4 members (excludes halogenated alkanes) is 29. The molecule has 0 saturated carbocycles. The van der Waals surface area contributed by atoms with Crippen molar-refractivity contribution in [2.75, 3.05) is 6.61 Å². The largest absolute Gasteiger partial charge is 0.481 e. The minimum absolute atomic E-state index is 0.264. The Balaban J connectivity index is 3.71. The molecule has 46 heavy (non-hydrogen) atoms. The van der Waals surface area contributed by atoms with E-state index in [2.05, 4.69) is 19.2 Å². The minimum Gasteiger partial charge on any atom is -0.481 e. The lowest BCUT2D eigenvalue weighted by atomic mass is 10.0. The number of rotatable bonds is 37. The molecule has 0 radical (unpaired) electrons. The number of ether oxygens (including phenoxy) is 1. The fraction of sp³-hybridized carbons (Fsp3) is 0.925. The van der Waals surface area contributed by atoms with Crippen molar-refractivity contribution in [3.05, 3.63) is 0 Å². The molecule has 0 aliphatic heterocycles. The van der Waals surface area contributed by atoms with Gasteiger partial charge in [-0.05, 0) is 12.8 Å². The van der Waals surface area contributed by atoms with Gasteiger partial charge < -0.3 is 15.2 Å². The quantitative estimate of drug-likeness (QED) is 0.0515. The third-order valence-corrected chi connectivity index (χ3v) is 9.25. The smallest absolute Gasteiger partial charge is 0.329 e. The Kier molecular flexibility index (Phi) is 35.0. The van der Waals surface area contributed by atoms with E-state index < -0.39 is 24.4 Å². The van der Waals surface area contributed by atoms with Crippen LogP contribution in [0.2, 0.25) is 0 Å². The molecule has 0 heterocycles. The van der Waals surface area contributed by atoms with Crippen molar-refractivity contribution in [1.29, 1.82) is 0 Å². The van der Waals surface area contributed by atoms with E-state index in [0.717, 1.165) is 38.5 Å². The number of hydrogen-bond acceptors (Lipinski definition) is 4. The van der Waals surface area contributed by atoms with Crippen LogP contribution in [0.3, 0.4) is 0 Å². The maximum absolute atomic E-state index is 12.5. The minimum atomic E-state index is -1.11. The fourth-order valence-corrected chi connectivity index (χ4v) is 6.21. The molecule has 0 aromatic carbocycles. The first kappa shape index (κ1) is 44.4. The van der Waals surface area contributed by atoms with Crippen LogP contribution in [0.15, 0.2) is 0 Å². The van der Waals surface area contributed by atoms with Crippen LogP contribution in [-0.4, -0.2) is 35.6 Å². The average molecular weight is 652 g/mol. The molecule has 0 aromatic rings. The van der Waals surface area contributed by atoms with Crippen molar-refractivity contribution < 1.29 is 24.2 Å². The zero-order valence-electron chi connectivity index (χ0n) is 30.7. The highest BCUT2D eigenvalue weighted by Crippen LogP contribution is 2.15. The number of amides is 1. The highest BCUT2D eigenvalue weighted by atomic mass is 16.5. The number of aliphatic carboxylic acids is 1. The van der Waals surface area contributed by atoms with Gasteiger partial charge in [0.05, 0.1) is 13.0 Å². The highest BCUT2D eigenvalue weighted by molar-refractivity contribution is 5.87. The molecule has 1 atom stereocenters. The van der Waals surface area contributed by atoms with Crippen molar-refractivity contribution in [3.63, 3.8) is 0 Å². The van der Waals surface area contributed by atoms with E-state index in [1.165, 1.54) is 161 Å². The molecule has 272 valence electrons. The summed E-state index contributed by atoms with van der Waals surface area (Å²) in [7, 11) is 0. The van der Waals surface area contributed by atoms with Crippen molar-refractivity contribution in [3.8, 4) is 0 Å². The first-order valence-corrected chi connectivity index (χ1v) is 20.2. The Morgan fingerprint density at radius 3 is 1.11 bits per heavy atom. The normalized spacial score (nSPS) is 11.9. The monoisotopic (exact) mass is 652 g/mol. The summed E-state index contributed by atoms with van der Waals surface area (Å²) >= 11 is 0. The molecular weight excluding hydrogens is 574 g/mol. The molecule has 0 saturated heterocycles. The van der Waals surface area contributed by atoms with Gasteiger partial charge in [-0.1, -0.05) is 200 Å². The molecular formula is C40H77NO5. The van der Waals surface area contributed by atoms with Gasteiger partial charge in [0.25, 0.3) is 0 Å². The lowest BCUT2D eigenvalue weighted by molar-refractivity contribution is -0.151. The van der Waals surface area contributed by atoms with Gasteiger partial charge in [0.2, 0.25) is 5.91 Å². The summed E-state index contributed by atoms with van der Waals surface area (Å²) in [5, 5.41) is 11.8. The van der Waals surface area contributed by atoms with Crippen LogP contribution in [-0.2, 0) is 19.1 Å². The van der Waals surface area contributed by atoms with Crippen LogP contribution in [0.1, 0.15) is 226 Å². The average Bonchev–Trinajstić information content (AvgIpc) is 3.03. The number of nitrogens with one attached hydrogen (secondary N) is 1. The molecule has 0 aliphatic rings. The third-order valence-electron chi connectivity index (χ3n) is 9.25. The maximum Gasteiger partial charge on any atom is 0.329 e. The third kappa shape index (κ3) is 33.8. The second kappa shape index (κ2) is 36.2. The van der Waals surface area contributed by atoms with E-state index in [1.54, 1.807) is 0 Å². The molecule has 0 bridgehead atoms. The number of carboxylic acids is 1. The van der Waals surface area contributed by atoms with Gasteiger partial charge in [0.1, 0.15) is 6.04 Å². The molecule has 0 unspecified atom stereocenters. The summed E-state index contributed by atoms with van der Waals surface area (Å²) in [4.78, 5) is 36.2. The number of hydrogen-bond donors (Lipinski definition) is 2. The Hall–Kier alpha value is -1.59. The van der Waals surface area contributed by atoms with Crippen LogP contribution in [0.4, 0.5) is 0 Å². The van der Waals surface area contributed by atoms with Crippen LogP contribution < -0.4 is 5.32 Å². The second-order valence-corrected chi connectivity index (χ2v) is 13.9. The Morgan fingerprint density at radius 2 is 0.783 bits per heavy atom. The Morgan fingerprint density at radius 1 is 0.478 bits per heavy atom. The molecule has 6 heteroatoms. The zero-order chi connectivity index (χ0) is 33.8. The maximum atomic E-state index is 12.5. The zero-order valence-corrected chi connectivity index (χ0v) is 30.7. The van der Waals surface area contributed by atoms with E-state index in [0.29, 0.717) is 6.42 Å². The Labute approximate surface area is 285 Å². The van der Waals surface area contributed by atoms with E-state index in [1.807, 2.05) is 0 Å². The summed E-state index contributed by atoms with van der Waals surface area (Å²) in [6.07, 6.45) is 39.3. The van der Waals surface area contributed by atoms with Gasteiger partial charge in [-0.2, -0.15) is 0 Å². The van der Waals surface area contributed by atoms with E-state index >= 15 is 0 Å². The van der Waals surface area contributed by atoms with E-state index in [4.69, 9.17) is 4.74 Å². The molecule has 0 aromatic heterocycles. The summed E-state index contributed by atoms with van der Waals surface area (Å²) in [5.74, 6) is -2.01. The first-order chi connectivity index (χ1) is 22.5. The number of carbonyl (C=O) groups excluding carboxylic acids is 2. The molecule has 1 amide bonds. The van der Waals surface area contributed by atoms with Gasteiger partial charge in [-0.25, -0.2) is 4.79 Å². The van der Waals surface area contributed by atoms with Crippen molar-refractivity contribution in [2.24, 2.45) is 0 Å². The van der Waals surface area contributed by atoms with Gasteiger partial charge in [0, 0.05) is 6.42 Å². The summed E-state index contributed by atoms with van der Waals surface area (Å²) in [5.41, 5.74) is 0. The van der Waals surface area contributed by atoms with Crippen LogP contribution in [0, 0.1) is 0 Å². The van der Waals surface area contributed by atoms with E-state index in [-0.39, 0.29) is 12.5 Å². The van der Waals surface area contributed by atoms with Gasteiger partial charge >= 0.3 is 11.9 Å². The van der Waals surface area contributed by atoms with Crippen molar-refractivity contribution in [2.45, 2.75) is 232 Å². The predicted octanol–water partition coefficient (Wildman–Crippen LogP) is 12.0. The molecule has 0 fully saturated rings. The topological polar surface area (TPSA) is 92.7 Å². The van der Waals surface area contributed by atoms with Crippen molar-refractivity contribution >= 4 is 17.8 Å². The van der Waals surface area contributed by atoms with Crippen LogP contribution >= 0.6 is 0 Å². The first-order valence-electron chi connectivity index (χ1n) is 20.2. The summed E-state index contributed by atoms with van der Waals surface area (Å²) in [6, 6.07) is -1.11.